The van der Waals surface area contributed by atoms with Crippen LogP contribution in [-0.4, -0.2) is 11.9 Å². The fourth-order valence-corrected chi connectivity index (χ4v) is 2.63. The van der Waals surface area contributed by atoms with Gasteiger partial charge in [-0.1, -0.05) is 53.0 Å². The van der Waals surface area contributed by atoms with Crippen LogP contribution in [0.2, 0.25) is 15.1 Å². The van der Waals surface area contributed by atoms with Gasteiger partial charge in [0.15, 0.2) is 0 Å². The molecular formula is C16H10Cl3N3O. The lowest BCUT2D eigenvalue weighted by molar-refractivity contribution is -0.115. The maximum Gasteiger partial charge on any atom is 0.274 e. The molecule has 1 aliphatic heterocycles. The number of benzene rings is 2. The average Bonchev–Trinajstić information content (AvgIpc) is 2.84. The maximum absolute atomic E-state index is 12.0. The lowest BCUT2D eigenvalue weighted by Gasteiger charge is -2.01. The largest absolute Gasteiger partial charge is 0.321 e. The third-order valence-electron chi connectivity index (χ3n) is 3.08. The summed E-state index contributed by atoms with van der Waals surface area (Å²) in [7, 11) is 0. The molecule has 1 fully saturated rings. The minimum Gasteiger partial charge on any atom is -0.321 e. The highest BCUT2D eigenvalue weighted by Gasteiger charge is 2.22. The molecule has 4 nitrogen and oxygen atoms in total. The number of guanidine groups is 1. The van der Waals surface area contributed by atoms with Crippen molar-refractivity contribution in [3.05, 3.63) is 68.8 Å². The number of nitrogens with one attached hydrogen (secondary N) is 2. The second-order valence-corrected chi connectivity index (χ2v) is 5.97. The third kappa shape index (κ3) is 3.67. The van der Waals surface area contributed by atoms with Crippen molar-refractivity contribution in [1.82, 2.24) is 10.6 Å². The van der Waals surface area contributed by atoms with Crippen LogP contribution in [0.15, 0.2) is 53.2 Å². The van der Waals surface area contributed by atoms with E-state index in [9.17, 15) is 4.79 Å². The van der Waals surface area contributed by atoms with Gasteiger partial charge in [-0.05, 0) is 35.9 Å². The van der Waals surface area contributed by atoms with Crippen LogP contribution in [0.1, 0.15) is 5.56 Å². The smallest absolute Gasteiger partial charge is 0.274 e. The van der Waals surface area contributed by atoms with Crippen molar-refractivity contribution in [2.75, 3.05) is 0 Å². The number of para-hydroxylation sites is 1. The van der Waals surface area contributed by atoms with Crippen molar-refractivity contribution in [1.29, 1.82) is 0 Å². The first-order valence-electron chi connectivity index (χ1n) is 6.61. The van der Waals surface area contributed by atoms with E-state index in [2.05, 4.69) is 15.6 Å². The molecule has 0 spiro atoms. The minimum atomic E-state index is -0.304. The highest BCUT2D eigenvalue weighted by molar-refractivity contribution is 6.35. The lowest BCUT2D eigenvalue weighted by atomic mass is 10.2. The van der Waals surface area contributed by atoms with E-state index in [0.29, 0.717) is 38.0 Å². The quantitative estimate of drug-likeness (QED) is 0.774. The molecule has 7 heteroatoms. The van der Waals surface area contributed by atoms with Crippen LogP contribution >= 0.6 is 34.8 Å². The zero-order chi connectivity index (χ0) is 16.4. The number of halogens is 3. The van der Waals surface area contributed by atoms with Crippen molar-refractivity contribution in [2.45, 2.75) is 0 Å². The summed E-state index contributed by atoms with van der Waals surface area (Å²) in [6.45, 7) is 0. The van der Waals surface area contributed by atoms with Gasteiger partial charge in [0.25, 0.3) is 5.91 Å². The predicted molar refractivity (Wildman–Crippen MR) is 94.3 cm³/mol. The van der Waals surface area contributed by atoms with Crippen molar-refractivity contribution in [3.63, 3.8) is 0 Å². The summed E-state index contributed by atoms with van der Waals surface area (Å²) in [6, 6.07) is 12.1. The summed E-state index contributed by atoms with van der Waals surface area (Å²) in [5, 5.41) is 7.02. The molecule has 2 N–H and O–H groups in total. The topological polar surface area (TPSA) is 53.5 Å². The van der Waals surface area contributed by atoms with Gasteiger partial charge < -0.3 is 5.32 Å². The van der Waals surface area contributed by atoms with Crippen LogP contribution in [0.3, 0.4) is 0 Å². The first-order valence-corrected chi connectivity index (χ1v) is 7.74. The van der Waals surface area contributed by atoms with Gasteiger partial charge in [-0.15, -0.1) is 0 Å². The summed E-state index contributed by atoms with van der Waals surface area (Å²) < 4.78 is 0. The van der Waals surface area contributed by atoms with Crippen LogP contribution in [0.4, 0.5) is 5.69 Å². The van der Waals surface area contributed by atoms with E-state index in [1.165, 1.54) is 0 Å². The SMILES string of the molecule is O=C1NC(=Nc2ccccc2Cl)N/C1=C/c1ccc(Cl)cc1Cl. The molecule has 0 atom stereocenters. The highest BCUT2D eigenvalue weighted by Crippen LogP contribution is 2.25. The van der Waals surface area contributed by atoms with E-state index >= 15 is 0 Å². The van der Waals surface area contributed by atoms with E-state index in [0.717, 1.165) is 0 Å². The molecule has 1 amide bonds. The monoisotopic (exact) mass is 365 g/mol. The molecule has 0 radical (unpaired) electrons. The molecule has 1 heterocycles. The molecular weight excluding hydrogens is 357 g/mol. The van der Waals surface area contributed by atoms with E-state index in [1.807, 2.05) is 6.07 Å². The first kappa shape index (κ1) is 15.9. The highest BCUT2D eigenvalue weighted by atomic mass is 35.5. The Labute approximate surface area is 147 Å². The van der Waals surface area contributed by atoms with Gasteiger partial charge in [-0.3, -0.25) is 10.1 Å². The zero-order valence-corrected chi connectivity index (χ0v) is 13.9. The number of aliphatic imine (C=N–C) groups is 1. The van der Waals surface area contributed by atoms with Crippen LogP contribution in [0.5, 0.6) is 0 Å². The molecule has 3 rings (SSSR count). The number of carbonyl (C=O) groups is 1. The Hall–Kier alpha value is -2.01. The number of hydrogen-bond donors (Lipinski definition) is 2. The number of nitrogens with zero attached hydrogens (tertiary/aromatic N) is 1. The van der Waals surface area contributed by atoms with Gasteiger partial charge in [-0.2, -0.15) is 0 Å². The summed E-state index contributed by atoms with van der Waals surface area (Å²) in [5.74, 6) is 0.00116. The Balaban J connectivity index is 1.88. The third-order valence-corrected chi connectivity index (χ3v) is 3.96. The van der Waals surface area contributed by atoms with Crippen LogP contribution in [0.25, 0.3) is 6.08 Å². The number of hydrogen-bond acceptors (Lipinski definition) is 2. The summed E-state index contributed by atoms with van der Waals surface area (Å²) in [6.07, 6.45) is 1.63. The molecule has 1 saturated heterocycles. The van der Waals surface area contributed by atoms with Crippen molar-refractivity contribution < 1.29 is 4.79 Å². The van der Waals surface area contributed by atoms with E-state index in [-0.39, 0.29) is 5.91 Å². The van der Waals surface area contributed by atoms with Gasteiger partial charge in [0, 0.05) is 10.0 Å². The standard InChI is InChI=1S/C16H10Cl3N3O/c17-10-6-5-9(12(19)8-10)7-14-15(23)22-16(21-14)20-13-4-2-1-3-11(13)18/h1-8H,(H2,20,21,22,23)/b14-7+. The number of rotatable bonds is 2. The van der Waals surface area contributed by atoms with Crippen molar-refractivity contribution >= 4 is 58.4 Å². The minimum absolute atomic E-state index is 0.304. The molecule has 0 bridgehead atoms. The second kappa shape index (κ2) is 6.62. The lowest BCUT2D eigenvalue weighted by Crippen LogP contribution is -2.24. The van der Waals surface area contributed by atoms with E-state index < -0.39 is 0 Å². The Morgan fingerprint density at radius 3 is 2.48 bits per heavy atom. The first-order chi connectivity index (χ1) is 11.0. The molecule has 0 unspecified atom stereocenters. The molecule has 0 saturated carbocycles. The van der Waals surface area contributed by atoms with E-state index in [4.69, 9.17) is 34.8 Å². The predicted octanol–water partition coefficient (Wildman–Crippen LogP) is 4.39. The van der Waals surface area contributed by atoms with Gasteiger partial charge in [0.2, 0.25) is 5.96 Å². The average molecular weight is 367 g/mol. The summed E-state index contributed by atoms with van der Waals surface area (Å²) in [4.78, 5) is 16.3. The van der Waals surface area contributed by atoms with Crippen molar-refractivity contribution in [2.24, 2.45) is 4.99 Å². The van der Waals surface area contributed by atoms with Crippen LogP contribution in [0, 0.1) is 0 Å². The normalized spacial score (nSPS) is 17.4. The molecule has 0 aromatic heterocycles. The van der Waals surface area contributed by atoms with Gasteiger partial charge in [-0.25, -0.2) is 4.99 Å². The van der Waals surface area contributed by atoms with E-state index in [1.54, 1.807) is 42.5 Å². The zero-order valence-electron chi connectivity index (χ0n) is 11.6. The fraction of sp³-hybridized carbons (Fsp3) is 0. The summed E-state index contributed by atoms with van der Waals surface area (Å²) >= 11 is 18.0. The van der Waals surface area contributed by atoms with Crippen LogP contribution in [-0.2, 0) is 4.79 Å². The Kier molecular flexibility index (Phi) is 4.57. The fourth-order valence-electron chi connectivity index (χ4n) is 1.98. The van der Waals surface area contributed by atoms with Gasteiger partial charge in [0.1, 0.15) is 5.70 Å². The van der Waals surface area contributed by atoms with Gasteiger partial charge in [0.05, 0.1) is 10.7 Å². The maximum atomic E-state index is 12.0. The molecule has 23 heavy (non-hydrogen) atoms. The van der Waals surface area contributed by atoms with Gasteiger partial charge >= 0.3 is 0 Å². The Morgan fingerprint density at radius 2 is 1.74 bits per heavy atom. The molecule has 116 valence electrons. The van der Waals surface area contributed by atoms with Crippen LogP contribution < -0.4 is 10.6 Å². The number of carbonyl (C=O) groups excluding carboxylic acids is 1. The molecule has 1 aliphatic rings. The molecule has 2 aromatic rings. The van der Waals surface area contributed by atoms with Crippen molar-refractivity contribution in [3.8, 4) is 0 Å². The Morgan fingerprint density at radius 1 is 0.957 bits per heavy atom. The number of amides is 1. The second-order valence-electron chi connectivity index (χ2n) is 4.71. The Bertz CT molecular complexity index is 846. The molecule has 2 aromatic carbocycles. The molecule has 0 aliphatic carbocycles. The summed E-state index contributed by atoms with van der Waals surface area (Å²) in [5.41, 5.74) is 1.57.